The molecule has 0 saturated carbocycles. The number of benzene rings is 1. The van der Waals surface area contributed by atoms with E-state index in [1.165, 1.54) is 32.4 Å². The Morgan fingerprint density at radius 3 is 2.62 bits per heavy atom. The Bertz CT molecular complexity index is 1500. The van der Waals surface area contributed by atoms with Crippen molar-refractivity contribution < 1.29 is 56.9 Å². The van der Waals surface area contributed by atoms with E-state index >= 15 is 0 Å². The first-order valence-electron chi connectivity index (χ1n) is 17.8. The quantitative estimate of drug-likeness (QED) is 0.0226. The van der Waals surface area contributed by atoms with Crippen molar-refractivity contribution in [2.24, 2.45) is 5.73 Å². The van der Waals surface area contributed by atoms with Gasteiger partial charge in [0.2, 0.25) is 13.2 Å². The summed E-state index contributed by atoms with van der Waals surface area (Å²) in [5.41, 5.74) is 4.95. The van der Waals surface area contributed by atoms with Crippen LogP contribution in [-0.4, -0.2) is 134 Å². The molecule has 6 atom stereocenters. The lowest BCUT2D eigenvalue weighted by atomic mass is 9.71. The van der Waals surface area contributed by atoms with E-state index in [1.54, 1.807) is 42.0 Å². The normalized spacial score (nSPS) is 18.4. The van der Waals surface area contributed by atoms with E-state index in [0.29, 0.717) is 38.1 Å². The molecule has 0 aromatic heterocycles. The van der Waals surface area contributed by atoms with Crippen LogP contribution in [0.5, 0.6) is 5.75 Å². The van der Waals surface area contributed by atoms with Crippen molar-refractivity contribution in [3.05, 3.63) is 29.8 Å². The molecular formula is C35H55BN3O12PS4. The summed E-state index contributed by atoms with van der Waals surface area (Å²) < 4.78 is 51.6. The third-order valence-corrected chi connectivity index (χ3v) is 12.8. The van der Waals surface area contributed by atoms with Crippen molar-refractivity contribution in [1.82, 2.24) is 10.6 Å². The van der Waals surface area contributed by atoms with Gasteiger partial charge in [0, 0.05) is 29.4 Å². The second-order valence-electron chi connectivity index (χ2n) is 12.9. The molecule has 6 N–H and O–H groups in total. The molecule has 1 saturated heterocycles. The molecule has 1 aromatic carbocycles. The minimum atomic E-state index is -4.67. The van der Waals surface area contributed by atoms with Crippen LogP contribution in [0.2, 0.25) is 0 Å². The summed E-state index contributed by atoms with van der Waals surface area (Å²) in [5, 5.41) is 5.46. The molecule has 0 bridgehead atoms. The minimum Gasteiger partial charge on any atom is -0.490 e. The van der Waals surface area contributed by atoms with Gasteiger partial charge in [-0.2, -0.15) is 5.82 Å². The lowest BCUT2D eigenvalue weighted by Gasteiger charge is -2.25. The lowest BCUT2D eigenvalue weighted by Crippen LogP contribution is -2.34. The van der Waals surface area contributed by atoms with Gasteiger partial charge in [0.15, 0.2) is 0 Å². The van der Waals surface area contributed by atoms with E-state index in [9.17, 15) is 14.2 Å². The predicted molar refractivity (Wildman–Crippen MR) is 227 cm³/mol. The fraction of sp³-hybridized carbons (Fsp3) is 0.657. The molecule has 1 heterocycles. The highest BCUT2D eigenvalue weighted by Gasteiger charge is 2.38. The number of rotatable bonds is 26. The van der Waals surface area contributed by atoms with Crippen LogP contribution in [-0.2, 0) is 37.6 Å². The summed E-state index contributed by atoms with van der Waals surface area (Å²) in [4.78, 5) is 43.0. The summed E-state index contributed by atoms with van der Waals surface area (Å²) >= 11 is 0. The average molecular weight is 880 g/mol. The second kappa shape index (κ2) is 28.0. The van der Waals surface area contributed by atoms with Crippen LogP contribution in [0.15, 0.2) is 24.3 Å². The van der Waals surface area contributed by atoms with Gasteiger partial charge < -0.3 is 54.6 Å². The molecule has 1 aromatic rings. The molecule has 21 heteroatoms. The second-order valence-corrected chi connectivity index (χ2v) is 20.0. The highest BCUT2D eigenvalue weighted by Crippen LogP contribution is 2.40. The molecule has 0 aliphatic carbocycles. The van der Waals surface area contributed by atoms with Crippen molar-refractivity contribution in [1.29, 1.82) is 0 Å². The van der Waals surface area contributed by atoms with Gasteiger partial charge in [-0.3, -0.25) is 14.1 Å². The topological polar surface area (TPSA) is 206 Å². The van der Waals surface area contributed by atoms with E-state index in [0.717, 1.165) is 0 Å². The van der Waals surface area contributed by atoms with Gasteiger partial charge in [0.05, 0.1) is 39.1 Å². The number of amides is 2. The first-order valence-corrected chi connectivity index (χ1v) is 24.2. The Hall–Kier alpha value is -1.59. The van der Waals surface area contributed by atoms with Crippen molar-refractivity contribution >= 4 is 70.1 Å². The third-order valence-electron chi connectivity index (χ3n) is 6.96. The molecule has 3 unspecified atom stereocenters. The Balaban J connectivity index is 1.79. The van der Waals surface area contributed by atoms with Gasteiger partial charge in [-0.15, -0.1) is 5.92 Å². The zero-order valence-corrected chi connectivity index (χ0v) is 36.8. The maximum absolute atomic E-state index is 12.4. The van der Waals surface area contributed by atoms with Gasteiger partial charge in [0.25, 0.3) is 5.91 Å². The summed E-state index contributed by atoms with van der Waals surface area (Å²) in [6.45, 7) is 11.1. The SMILES string of the molecule is CC#CC(C)OCC1O[C@@H](BC#CCNC(=O)COCCOC(COc2cccc(C(=O)NCCN)c2)SSC(C)(C)C)C[C@H]1O[C@H](COP(=O)(O)O)SSC. The van der Waals surface area contributed by atoms with Gasteiger partial charge in [-0.25, -0.2) is 4.57 Å². The highest BCUT2D eigenvalue weighted by atomic mass is 33.1. The van der Waals surface area contributed by atoms with Gasteiger partial charge >= 0.3 is 7.82 Å². The third kappa shape index (κ3) is 23.7. The fourth-order valence-corrected chi connectivity index (χ4v) is 8.68. The molecule has 56 heavy (non-hydrogen) atoms. The largest absolute Gasteiger partial charge is 0.490 e. The Morgan fingerprint density at radius 2 is 1.93 bits per heavy atom. The first kappa shape index (κ1) is 50.6. The van der Waals surface area contributed by atoms with E-state index in [2.05, 4.69) is 59.5 Å². The number of hydrogen-bond donors (Lipinski definition) is 5. The van der Waals surface area contributed by atoms with E-state index in [-0.39, 0.29) is 80.3 Å². The maximum atomic E-state index is 12.4. The lowest BCUT2D eigenvalue weighted by molar-refractivity contribution is -0.126. The van der Waals surface area contributed by atoms with Crippen LogP contribution < -0.4 is 21.1 Å². The van der Waals surface area contributed by atoms with E-state index < -0.39 is 25.5 Å². The molecule has 0 radical (unpaired) electrons. The van der Waals surface area contributed by atoms with Crippen molar-refractivity contribution in [3.8, 4) is 29.3 Å². The summed E-state index contributed by atoms with van der Waals surface area (Å²) in [5.74, 6) is 11.7. The number of nitrogens with one attached hydrogen (secondary N) is 2. The Labute approximate surface area is 347 Å². The number of ether oxygens (including phenoxy) is 6. The Morgan fingerprint density at radius 1 is 1.14 bits per heavy atom. The summed E-state index contributed by atoms with van der Waals surface area (Å²) in [7, 11) is 1.57. The van der Waals surface area contributed by atoms with Crippen LogP contribution in [0, 0.1) is 23.6 Å². The highest BCUT2D eigenvalue weighted by molar-refractivity contribution is 8.77. The van der Waals surface area contributed by atoms with Crippen LogP contribution in [0.25, 0.3) is 0 Å². The van der Waals surface area contributed by atoms with Crippen molar-refractivity contribution in [2.75, 3.05) is 65.5 Å². The molecule has 15 nitrogen and oxygen atoms in total. The van der Waals surface area contributed by atoms with Gasteiger partial charge in [0.1, 0.15) is 42.0 Å². The molecule has 0 spiro atoms. The van der Waals surface area contributed by atoms with Crippen LogP contribution in [0.3, 0.4) is 0 Å². The monoisotopic (exact) mass is 879 g/mol. The Kier molecular flexibility index (Phi) is 25.3. The summed E-state index contributed by atoms with van der Waals surface area (Å²) in [6, 6.07) is 6.61. The smallest absolute Gasteiger partial charge is 0.469 e. The zero-order chi connectivity index (χ0) is 41.4. The molecule has 2 rings (SSSR count). The van der Waals surface area contributed by atoms with Crippen LogP contribution in [0.4, 0.5) is 0 Å². The van der Waals surface area contributed by atoms with Crippen molar-refractivity contribution in [2.45, 2.75) is 81.0 Å². The standard InChI is InChI=1S/C35H55BN3O12PS4/c1-7-10-25(2)47-21-29-28(51-33(54-53-6)24-49-52(42,43)44)20-30(50-29)36-13-9-15-38-31(40)22-45-17-18-46-32(55-56-35(3,4)5)23-48-27-12-8-11-26(19-27)34(41)39-16-14-37/h8,11-12,19,25,28-30,32-33,36H,14-18,20-24,37H2,1-6H3,(H,38,40)(H,39,41)(H2,42,43,44)/t25?,28-,29?,30-,32?,33+/m1/s1. The van der Waals surface area contributed by atoms with Crippen LogP contribution in [0.1, 0.15) is 51.4 Å². The number of phosphoric acid groups is 1. The molecular weight excluding hydrogens is 824 g/mol. The number of carbonyl (C=O) groups is 2. The van der Waals surface area contributed by atoms with E-state index in [4.69, 9.17) is 43.9 Å². The maximum Gasteiger partial charge on any atom is 0.469 e. The zero-order valence-electron chi connectivity index (χ0n) is 32.7. The molecule has 1 aliphatic rings. The van der Waals surface area contributed by atoms with E-state index in [1.807, 2.05) is 13.2 Å². The fourth-order valence-electron chi connectivity index (χ4n) is 4.58. The molecule has 1 aliphatic heterocycles. The average Bonchev–Trinajstić information content (AvgIpc) is 3.52. The predicted octanol–water partition coefficient (Wildman–Crippen LogP) is 3.18. The molecule has 1 fully saturated rings. The number of carbonyl (C=O) groups excluding carboxylic acids is 2. The number of hydrogen-bond acceptors (Lipinski definition) is 15. The molecule has 2 amide bonds. The molecule has 314 valence electrons. The van der Waals surface area contributed by atoms with Gasteiger partial charge in [-0.1, -0.05) is 81.9 Å². The summed E-state index contributed by atoms with van der Waals surface area (Å²) in [6.07, 6.45) is 1.09. The number of nitrogens with two attached hydrogens (primary N) is 1. The van der Waals surface area contributed by atoms with Crippen LogP contribution >= 0.6 is 51.0 Å². The number of phosphoric ester groups is 1. The minimum absolute atomic E-state index is 0.0179. The van der Waals surface area contributed by atoms with Gasteiger partial charge in [-0.05, 0) is 44.7 Å². The van der Waals surface area contributed by atoms with Crippen molar-refractivity contribution in [3.63, 3.8) is 0 Å². The first-order chi connectivity index (χ1) is 26.6.